The third-order valence-electron chi connectivity index (χ3n) is 2.26. The fourth-order valence-electron chi connectivity index (χ4n) is 1.39. The van der Waals surface area contributed by atoms with Crippen LogP contribution in [0.4, 0.5) is 0 Å². The molecule has 0 heterocycles. The van der Waals surface area contributed by atoms with Crippen LogP contribution in [0.25, 0.3) is 0 Å². The zero-order chi connectivity index (χ0) is 9.68. The van der Waals surface area contributed by atoms with Crippen LogP contribution >= 0.6 is 15.9 Å². The molecule has 0 amide bonds. The molecule has 0 aliphatic carbocycles. The lowest BCUT2D eigenvalue weighted by molar-refractivity contribution is 0.634. The topological polar surface area (TPSA) is 12.0 Å². The van der Waals surface area contributed by atoms with Crippen molar-refractivity contribution in [1.29, 1.82) is 0 Å². The van der Waals surface area contributed by atoms with E-state index in [0.29, 0.717) is 5.92 Å². The maximum absolute atomic E-state index is 3.57. The second kappa shape index (κ2) is 5.40. The summed E-state index contributed by atoms with van der Waals surface area (Å²) in [6.45, 7) is 3.33. The van der Waals surface area contributed by atoms with Gasteiger partial charge in [0.05, 0.1) is 0 Å². The molecule has 13 heavy (non-hydrogen) atoms. The number of hydrogen-bond acceptors (Lipinski definition) is 1. The average molecular weight is 242 g/mol. The van der Waals surface area contributed by atoms with Crippen LogP contribution in [0, 0.1) is 0 Å². The average Bonchev–Trinajstić information content (AvgIpc) is 2.15. The Morgan fingerprint density at radius 2 is 2.08 bits per heavy atom. The van der Waals surface area contributed by atoms with E-state index >= 15 is 0 Å². The van der Waals surface area contributed by atoms with E-state index in [-0.39, 0.29) is 0 Å². The van der Waals surface area contributed by atoms with Gasteiger partial charge >= 0.3 is 0 Å². The van der Waals surface area contributed by atoms with Crippen molar-refractivity contribution in [2.45, 2.75) is 19.3 Å². The minimum absolute atomic E-state index is 0.614. The molecule has 0 aliphatic heterocycles. The number of rotatable bonds is 4. The van der Waals surface area contributed by atoms with Gasteiger partial charge in [-0.15, -0.1) is 0 Å². The number of halogens is 1. The first kappa shape index (κ1) is 10.7. The van der Waals surface area contributed by atoms with E-state index in [1.165, 1.54) is 16.5 Å². The van der Waals surface area contributed by atoms with Crippen LogP contribution in [0.15, 0.2) is 28.7 Å². The highest BCUT2D eigenvalue weighted by Gasteiger charge is 2.07. The molecule has 1 N–H and O–H groups in total. The van der Waals surface area contributed by atoms with E-state index in [0.717, 1.165) is 6.54 Å². The molecule has 0 radical (unpaired) electrons. The first-order valence-electron chi connectivity index (χ1n) is 4.64. The SMILES string of the molecule is CNCCC(C)c1ccccc1Br. The van der Waals surface area contributed by atoms with E-state index in [1.807, 2.05) is 7.05 Å². The summed E-state index contributed by atoms with van der Waals surface area (Å²) in [6, 6.07) is 8.43. The summed E-state index contributed by atoms with van der Waals surface area (Å²) < 4.78 is 1.22. The molecule has 0 spiro atoms. The molecule has 0 saturated heterocycles. The Morgan fingerprint density at radius 1 is 1.38 bits per heavy atom. The summed E-state index contributed by atoms with van der Waals surface area (Å²) >= 11 is 3.57. The minimum Gasteiger partial charge on any atom is -0.320 e. The van der Waals surface area contributed by atoms with E-state index in [9.17, 15) is 0 Å². The van der Waals surface area contributed by atoms with Gasteiger partial charge in [-0.25, -0.2) is 0 Å². The molecule has 1 nitrogen and oxygen atoms in total. The van der Waals surface area contributed by atoms with Crippen molar-refractivity contribution in [3.63, 3.8) is 0 Å². The molecule has 0 fully saturated rings. The van der Waals surface area contributed by atoms with Crippen molar-refractivity contribution in [2.75, 3.05) is 13.6 Å². The van der Waals surface area contributed by atoms with Crippen molar-refractivity contribution in [3.8, 4) is 0 Å². The van der Waals surface area contributed by atoms with Crippen molar-refractivity contribution in [1.82, 2.24) is 5.32 Å². The lowest BCUT2D eigenvalue weighted by Crippen LogP contribution is -2.10. The Kier molecular flexibility index (Phi) is 4.46. The van der Waals surface area contributed by atoms with Crippen molar-refractivity contribution in [2.24, 2.45) is 0 Å². The molecule has 0 bridgehead atoms. The van der Waals surface area contributed by atoms with Gasteiger partial charge in [-0.3, -0.25) is 0 Å². The highest BCUT2D eigenvalue weighted by molar-refractivity contribution is 9.10. The van der Waals surface area contributed by atoms with Crippen LogP contribution < -0.4 is 5.32 Å². The molecule has 1 rings (SSSR count). The molecule has 1 aromatic carbocycles. The summed E-state index contributed by atoms with van der Waals surface area (Å²) in [7, 11) is 1.99. The van der Waals surface area contributed by atoms with E-state index < -0.39 is 0 Å². The van der Waals surface area contributed by atoms with Crippen LogP contribution in [0.5, 0.6) is 0 Å². The summed E-state index contributed by atoms with van der Waals surface area (Å²) in [5, 5.41) is 3.17. The highest BCUT2D eigenvalue weighted by atomic mass is 79.9. The standard InChI is InChI=1S/C11H16BrN/c1-9(7-8-13-2)10-5-3-4-6-11(10)12/h3-6,9,13H,7-8H2,1-2H3. The zero-order valence-corrected chi connectivity index (χ0v) is 9.76. The molecule has 2 heteroatoms. The fraction of sp³-hybridized carbons (Fsp3) is 0.455. The van der Waals surface area contributed by atoms with Crippen LogP contribution in [-0.2, 0) is 0 Å². The zero-order valence-electron chi connectivity index (χ0n) is 8.18. The summed E-state index contributed by atoms with van der Waals surface area (Å²) in [5.41, 5.74) is 1.40. The second-order valence-corrected chi connectivity index (χ2v) is 4.17. The number of benzene rings is 1. The summed E-state index contributed by atoms with van der Waals surface area (Å²) in [5.74, 6) is 0.614. The highest BCUT2D eigenvalue weighted by Crippen LogP contribution is 2.26. The van der Waals surface area contributed by atoms with Crippen LogP contribution in [-0.4, -0.2) is 13.6 Å². The molecule has 1 atom stereocenters. The molecule has 1 unspecified atom stereocenters. The van der Waals surface area contributed by atoms with Gasteiger partial charge in [-0.05, 0) is 37.6 Å². The predicted molar refractivity (Wildman–Crippen MR) is 61.1 cm³/mol. The van der Waals surface area contributed by atoms with Gasteiger partial charge in [-0.1, -0.05) is 41.1 Å². The molecule has 0 aliphatic rings. The molecule has 72 valence electrons. The largest absolute Gasteiger partial charge is 0.320 e. The summed E-state index contributed by atoms with van der Waals surface area (Å²) in [4.78, 5) is 0. The lowest BCUT2D eigenvalue weighted by Gasteiger charge is -2.12. The third-order valence-corrected chi connectivity index (χ3v) is 2.99. The number of hydrogen-bond donors (Lipinski definition) is 1. The first-order chi connectivity index (χ1) is 6.25. The normalized spacial score (nSPS) is 12.8. The minimum atomic E-state index is 0.614. The van der Waals surface area contributed by atoms with Crippen LogP contribution in [0.1, 0.15) is 24.8 Å². The Labute approximate surface area is 88.7 Å². The molecular formula is C11H16BrN. The van der Waals surface area contributed by atoms with Gasteiger partial charge in [0.1, 0.15) is 0 Å². The predicted octanol–water partition coefficient (Wildman–Crippen LogP) is 3.16. The molecule has 0 aromatic heterocycles. The second-order valence-electron chi connectivity index (χ2n) is 3.31. The number of nitrogens with one attached hydrogen (secondary N) is 1. The van der Waals surface area contributed by atoms with Crippen molar-refractivity contribution >= 4 is 15.9 Å². The first-order valence-corrected chi connectivity index (χ1v) is 5.44. The maximum atomic E-state index is 3.57. The van der Waals surface area contributed by atoms with Gasteiger partial charge < -0.3 is 5.32 Å². The van der Waals surface area contributed by atoms with Gasteiger partial charge in [0, 0.05) is 4.47 Å². The Balaban J connectivity index is 2.65. The smallest absolute Gasteiger partial charge is 0.0210 e. The molecule has 1 aromatic rings. The quantitative estimate of drug-likeness (QED) is 0.855. The Bertz CT molecular complexity index is 260. The Hall–Kier alpha value is -0.340. The van der Waals surface area contributed by atoms with Crippen molar-refractivity contribution < 1.29 is 0 Å². The monoisotopic (exact) mass is 241 g/mol. The lowest BCUT2D eigenvalue weighted by atomic mass is 9.98. The van der Waals surface area contributed by atoms with Gasteiger partial charge in [0.2, 0.25) is 0 Å². The summed E-state index contributed by atoms with van der Waals surface area (Å²) in [6.07, 6.45) is 1.18. The van der Waals surface area contributed by atoms with Crippen LogP contribution in [0.2, 0.25) is 0 Å². The van der Waals surface area contributed by atoms with E-state index in [1.54, 1.807) is 0 Å². The molecular weight excluding hydrogens is 226 g/mol. The fourth-order valence-corrected chi connectivity index (χ4v) is 2.07. The van der Waals surface area contributed by atoms with Gasteiger partial charge in [-0.2, -0.15) is 0 Å². The van der Waals surface area contributed by atoms with Crippen LogP contribution in [0.3, 0.4) is 0 Å². The van der Waals surface area contributed by atoms with E-state index in [4.69, 9.17) is 0 Å². The van der Waals surface area contributed by atoms with Crippen molar-refractivity contribution in [3.05, 3.63) is 34.3 Å². The third kappa shape index (κ3) is 3.12. The molecule has 0 saturated carbocycles. The van der Waals surface area contributed by atoms with E-state index in [2.05, 4.69) is 52.4 Å². The maximum Gasteiger partial charge on any atom is 0.0210 e. The van der Waals surface area contributed by atoms with Gasteiger partial charge in [0.15, 0.2) is 0 Å². The Morgan fingerprint density at radius 3 is 2.69 bits per heavy atom. The van der Waals surface area contributed by atoms with Gasteiger partial charge in [0.25, 0.3) is 0 Å².